The average Bonchev–Trinajstić information content (AvgIpc) is 2.41. The van der Waals surface area contributed by atoms with E-state index < -0.39 is 10.8 Å². The fraction of sp³-hybridized carbons (Fsp3) is 0. The third kappa shape index (κ3) is 3.04. The molecule has 1 amide bonds. The largest absolute Gasteiger partial charge is 0.307 e. The van der Waals surface area contributed by atoms with Crippen molar-refractivity contribution in [2.75, 3.05) is 5.32 Å². The van der Waals surface area contributed by atoms with Crippen LogP contribution < -0.4 is 5.32 Å². The van der Waals surface area contributed by atoms with E-state index in [2.05, 4.69) is 10.3 Å². The number of amides is 1. The summed E-state index contributed by atoms with van der Waals surface area (Å²) in [5.41, 5.74) is -0.332. The topological polar surface area (TPSA) is 85.1 Å². The van der Waals surface area contributed by atoms with Crippen molar-refractivity contribution in [2.24, 2.45) is 0 Å². The maximum atomic E-state index is 12.0. The molecule has 2 rings (SSSR count). The van der Waals surface area contributed by atoms with E-state index in [1.807, 2.05) is 0 Å². The van der Waals surface area contributed by atoms with Crippen LogP contribution in [0.4, 0.5) is 11.5 Å². The maximum Gasteiger partial charge on any atom is 0.288 e. The van der Waals surface area contributed by atoms with Crippen molar-refractivity contribution >= 4 is 40.6 Å². The maximum absolute atomic E-state index is 12.0. The number of hydrogen-bond donors (Lipinski definition) is 1. The van der Waals surface area contributed by atoms with Crippen molar-refractivity contribution in [3.05, 3.63) is 62.3 Å². The number of rotatable bonds is 3. The standard InChI is InChI=1S/C12H7Cl2N3O3/c13-7-4-5-10(15-6-7)16-12(18)8-2-1-3-9(11(8)14)17(19)20/h1-6H,(H,15,16,18). The van der Waals surface area contributed by atoms with E-state index in [1.165, 1.54) is 30.5 Å². The van der Waals surface area contributed by atoms with E-state index in [1.54, 1.807) is 6.07 Å². The number of pyridine rings is 1. The van der Waals surface area contributed by atoms with Gasteiger partial charge in [-0.3, -0.25) is 14.9 Å². The molecule has 0 saturated carbocycles. The molecule has 8 heteroatoms. The first-order valence-electron chi connectivity index (χ1n) is 5.35. The SMILES string of the molecule is O=C(Nc1ccc(Cl)cn1)c1cccc([N+](=O)[O-])c1Cl. The molecule has 1 heterocycles. The third-order valence-corrected chi connectivity index (χ3v) is 3.01. The van der Waals surface area contributed by atoms with Gasteiger partial charge in [0.1, 0.15) is 10.8 Å². The van der Waals surface area contributed by atoms with Crippen LogP contribution in [0, 0.1) is 10.1 Å². The molecule has 1 N–H and O–H groups in total. The summed E-state index contributed by atoms with van der Waals surface area (Å²) >= 11 is 11.5. The first-order chi connectivity index (χ1) is 9.49. The molecular formula is C12H7Cl2N3O3. The van der Waals surface area contributed by atoms with E-state index >= 15 is 0 Å². The second-order valence-electron chi connectivity index (χ2n) is 3.71. The highest BCUT2D eigenvalue weighted by molar-refractivity contribution is 6.36. The Hall–Kier alpha value is -2.18. The summed E-state index contributed by atoms with van der Waals surface area (Å²) in [5, 5.41) is 13.4. The van der Waals surface area contributed by atoms with Gasteiger partial charge in [-0.2, -0.15) is 0 Å². The lowest BCUT2D eigenvalue weighted by molar-refractivity contribution is -0.384. The smallest absolute Gasteiger partial charge is 0.288 e. The molecule has 0 aliphatic heterocycles. The zero-order valence-corrected chi connectivity index (χ0v) is 11.4. The summed E-state index contributed by atoms with van der Waals surface area (Å²) in [5.74, 6) is -0.324. The van der Waals surface area contributed by atoms with Crippen molar-refractivity contribution in [2.45, 2.75) is 0 Å². The minimum atomic E-state index is -0.653. The Balaban J connectivity index is 2.28. The van der Waals surface area contributed by atoms with E-state index in [0.29, 0.717) is 5.02 Å². The average molecular weight is 312 g/mol. The van der Waals surface area contributed by atoms with Gasteiger partial charge in [0.15, 0.2) is 0 Å². The van der Waals surface area contributed by atoms with Crippen LogP contribution in [0.2, 0.25) is 10.0 Å². The Bertz CT molecular complexity index is 674. The van der Waals surface area contributed by atoms with Crippen LogP contribution in [-0.4, -0.2) is 15.8 Å². The van der Waals surface area contributed by atoms with Gasteiger partial charge < -0.3 is 5.32 Å². The Labute approximate surface area is 123 Å². The summed E-state index contributed by atoms with van der Waals surface area (Å²) in [6, 6.07) is 7.05. The molecule has 1 aromatic heterocycles. The number of carbonyl (C=O) groups is 1. The molecule has 1 aromatic carbocycles. The molecule has 0 radical (unpaired) electrons. The predicted octanol–water partition coefficient (Wildman–Crippen LogP) is 3.55. The lowest BCUT2D eigenvalue weighted by atomic mass is 10.2. The second kappa shape index (κ2) is 5.85. The Morgan fingerprint density at radius 1 is 1.25 bits per heavy atom. The summed E-state index contributed by atoms with van der Waals surface area (Å²) in [6.45, 7) is 0. The van der Waals surface area contributed by atoms with Gasteiger partial charge in [0.2, 0.25) is 0 Å². The number of nitrogens with zero attached hydrogens (tertiary/aromatic N) is 2. The van der Waals surface area contributed by atoms with Crippen molar-refractivity contribution < 1.29 is 9.72 Å². The summed E-state index contributed by atoms with van der Waals surface area (Å²) in [7, 11) is 0. The number of benzene rings is 1. The molecule has 6 nitrogen and oxygen atoms in total. The quantitative estimate of drug-likeness (QED) is 0.693. The van der Waals surface area contributed by atoms with Gasteiger partial charge in [-0.1, -0.05) is 29.3 Å². The van der Waals surface area contributed by atoms with Crippen molar-refractivity contribution in [3.8, 4) is 0 Å². The molecule has 0 bridgehead atoms. The summed E-state index contributed by atoms with van der Waals surface area (Å²) < 4.78 is 0. The van der Waals surface area contributed by atoms with Crippen LogP contribution >= 0.6 is 23.2 Å². The van der Waals surface area contributed by atoms with Gasteiger partial charge in [0, 0.05) is 12.3 Å². The number of anilines is 1. The van der Waals surface area contributed by atoms with Gasteiger partial charge in [-0.05, 0) is 18.2 Å². The number of carbonyl (C=O) groups excluding carboxylic acids is 1. The van der Waals surface area contributed by atoms with Gasteiger partial charge >= 0.3 is 0 Å². The molecular weight excluding hydrogens is 305 g/mol. The lowest BCUT2D eigenvalue weighted by Crippen LogP contribution is -2.13. The van der Waals surface area contributed by atoms with Gasteiger partial charge in [-0.25, -0.2) is 4.98 Å². The zero-order valence-electron chi connectivity index (χ0n) is 9.84. The Morgan fingerprint density at radius 3 is 2.60 bits per heavy atom. The van der Waals surface area contributed by atoms with Crippen LogP contribution in [0.3, 0.4) is 0 Å². The number of halogens is 2. The normalized spacial score (nSPS) is 10.1. The monoisotopic (exact) mass is 311 g/mol. The van der Waals surface area contributed by atoms with Crippen LogP contribution in [-0.2, 0) is 0 Å². The highest BCUT2D eigenvalue weighted by Gasteiger charge is 2.20. The van der Waals surface area contributed by atoms with E-state index in [9.17, 15) is 14.9 Å². The van der Waals surface area contributed by atoms with Crippen LogP contribution in [0.25, 0.3) is 0 Å². The summed E-state index contributed by atoms with van der Waals surface area (Å²) in [4.78, 5) is 26.0. The number of nitrogens with one attached hydrogen (secondary N) is 1. The highest BCUT2D eigenvalue weighted by Crippen LogP contribution is 2.28. The lowest BCUT2D eigenvalue weighted by Gasteiger charge is -2.06. The minimum Gasteiger partial charge on any atom is -0.307 e. The molecule has 102 valence electrons. The molecule has 0 saturated heterocycles. The molecule has 0 aliphatic rings. The molecule has 2 aromatic rings. The Morgan fingerprint density at radius 2 is 2.00 bits per heavy atom. The van der Waals surface area contributed by atoms with Crippen molar-refractivity contribution in [1.82, 2.24) is 4.98 Å². The molecule has 0 atom stereocenters. The van der Waals surface area contributed by atoms with Gasteiger partial charge in [-0.15, -0.1) is 0 Å². The zero-order chi connectivity index (χ0) is 14.7. The number of nitro benzene ring substituents is 1. The molecule has 0 fully saturated rings. The van der Waals surface area contributed by atoms with E-state index in [0.717, 1.165) is 0 Å². The van der Waals surface area contributed by atoms with E-state index in [4.69, 9.17) is 23.2 Å². The number of hydrogen-bond acceptors (Lipinski definition) is 4. The number of nitro groups is 1. The van der Waals surface area contributed by atoms with Crippen molar-refractivity contribution in [1.29, 1.82) is 0 Å². The summed E-state index contributed by atoms with van der Waals surface area (Å²) in [6.07, 6.45) is 1.37. The third-order valence-electron chi connectivity index (χ3n) is 2.39. The molecule has 20 heavy (non-hydrogen) atoms. The first kappa shape index (κ1) is 14.2. The van der Waals surface area contributed by atoms with E-state index in [-0.39, 0.29) is 22.1 Å². The predicted molar refractivity (Wildman–Crippen MR) is 75.3 cm³/mol. The van der Waals surface area contributed by atoms with Crippen molar-refractivity contribution in [3.63, 3.8) is 0 Å². The fourth-order valence-corrected chi connectivity index (χ4v) is 1.86. The van der Waals surface area contributed by atoms with Crippen LogP contribution in [0.1, 0.15) is 10.4 Å². The Kier molecular flexibility index (Phi) is 4.16. The molecule has 0 spiro atoms. The van der Waals surface area contributed by atoms with Crippen LogP contribution in [0.5, 0.6) is 0 Å². The van der Waals surface area contributed by atoms with Gasteiger partial charge in [0.25, 0.3) is 11.6 Å². The highest BCUT2D eigenvalue weighted by atomic mass is 35.5. The fourth-order valence-electron chi connectivity index (χ4n) is 1.47. The minimum absolute atomic E-state index is 0.00221. The molecule has 0 aliphatic carbocycles. The number of aromatic nitrogens is 1. The van der Waals surface area contributed by atoms with Crippen LogP contribution in [0.15, 0.2) is 36.5 Å². The molecule has 0 unspecified atom stereocenters. The first-order valence-corrected chi connectivity index (χ1v) is 6.10. The second-order valence-corrected chi connectivity index (χ2v) is 4.53. The van der Waals surface area contributed by atoms with Gasteiger partial charge in [0.05, 0.1) is 15.5 Å².